The molecule has 1 saturated heterocycles. The third-order valence-corrected chi connectivity index (χ3v) is 3.42. The van der Waals surface area contributed by atoms with E-state index >= 15 is 0 Å². The van der Waals surface area contributed by atoms with Crippen molar-refractivity contribution in [3.8, 4) is 5.88 Å². The van der Waals surface area contributed by atoms with Crippen molar-refractivity contribution in [3.05, 3.63) is 11.9 Å². The van der Waals surface area contributed by atoms with Crippen LogP contribution in [0.25, 0.3) is 0 Å². The summed E-state index contributed by atoms with van der Waals surface area (Å²) in [5, 5.41) is 3.24. The van der Waals surface area contributed by atoms with Crippen LogP contribution >= 0.6 is 0 Å². The molecule has 1 aromatic heterocycles. The molecule has 1 fully saturated rings. The molecule has 0 saturated carbocycles. The third-order valence-electron chi connectivity index (χ3n) is 3.42. The molecular weight excluding hydrogens is 266 g/mol. The van der Waals surface area contributed by atoms with Crippen molar-refractivity contribution in [1.82, 2.24) is 9.97 Å². The van der Waals surface area contributed by atoms with Crippen molar-refractivity contribution in [2.75, 3.05) is 25.1 Å². The Kier molecular flexibility index (Phi) is 5.39. The van der Waals surface area contributed by atoms with E-state index in [1.54, 1.807) is 0 Å². The smallest absolute Gasteiger partial charge is 0.218 e. The van der Waals surface area contributed by atoms with Crippen LogP contribution in [0.3, 0.4) is 0 Å². The first kappa shape index (κ1) is 16.0. The summed E-state index contributed by atoms with van der Waals surface area (Å²) in [5.41, 5.74) is -0.106. The predicted octanol–water partition coefficient (Wildman–Crippen LogP) is 3.15. The Bertz CT molecular complexity index is 451. The second-order valence-corrected chi connectivity index (χ2v) is 6.49. The summed E-state index contributed by atoms with van der Waals surface area (Å²) in [7, 11) is 0. The van der Waals surface area contributed by atoms with E-state index in [1.165, 1.54) is 6.42 Å². The number of hydrogen-bond donors (Lipinski definition) is 1. The Balaban J connectivity index is 2.07. The van der Waals surface area contributed by atoms with E-state index < -0.39 is 0 Å². The van der Waals surface area contributed by atoms with Gasteiger partial charge in [-0.05, 0) is 26.2 Å². The van der Waals surface area contributed by atoms with Crippen molar-refractivity contribution in [2.24, 2.45) is 0 Å². The van der Waals surface area contributed by atoms with Gasteiger partial charge in [0.05, 0.1) is 6.10 Å². The van der Waals surface area contributed by atoms with Gasteiger partial charge in [0.2, 0.25) is 5.88 Å². The molecule has 5 nitrogen and oxygen atoms in total. The van der Waals surface area contributed by atoms with Crippen molar-refractivity contribution < 1.29 is 9.47 Å². The van der Waals surface area contributed by atoms with Gasteiger partial charge in [0.1, 0.15) is 18.2 Å². The minimum Gasteiger partial charge on any atom is -0.475 e. The molecule has 1 aliphatic rings. The van der Waals surface area contributed by atoms with E-state index in [2.05, 4.69) is 43.0 Å². The minimum atomic E-state index is -0.106. The highest BCUT2D eigenvalue weighted by molar-refractivity contribution is 5.39. The quantitative estimate of drug-likeness (QED) is 0.903. The second kappa shape index (κ2) is 7.07. The SMILES string of the molecule is CCNc1cc(OCC2CCCCO2)nc(C(C)(C)C)n1. The number of anilines is 1. The third kappa shape index (κ3) is 4.84. The van der Waals surface area contributed by atoms with Crippen LogP contribution in [0.4, 0.5) is 5.82 Å². The Labute approximate surface area is 127 Å². The predicted molar refractivity (Wildman–Crippen MR) is 84.0 cm³/mol. The lowest BCUT2D eigenvalue weighted by Gasteiger charge is -2.23. The summed E-state index contributed by atoms with van der Waals surface area (Å²) in [6, 6.07) is 1.86. The summed E-state index contributed by atoms with van der Waals surface area (Å²) in [4.78, 5) is 9.10. The summed E-state index contributed by atoms with van der Waals surface area (Å²) >= 11 is 0. The Morgan fingerprint density at radius 3 is 2.76 bits per heavy atom. The monoisotopic (exact) mass is 293 g/mol. The number of nitrogens with one attached hydrogen (secondary N) is 1. The standard InChI is InChI=1S/C16H27N3O2/c1-5-17-13-10-14(19-15(18-13)16(2,3)4)21-11-12-8-6-7-9-20-12/h10,12H,5-9,11H2,1-4H3,(H,17,18,19). The second-order valence-electron chi connectivity index (χ2n) is 6.49. The number of ether oxygens (including phenoxy) is 2. The van der Waals surface area contributed by atoms with E-state index in [-0.39, 0.29) is 11.5 Å². The molecule has 1 unspecified atom stereocenters. The first-order valence-corrected chi connectivity index (χ1v) is 7.87. The normalized spacial score (nSPS) is 19.3. The van der Waals surface area contributed by atoms with Crippen LogP contribution in [0.2, 0.25) is 0 Å². The molecule has 1 aliphatic heterocycles. The largest absolute Gasteiger partial charge is 0.475 e. The molecular formula is C16H27N3O2. The molecule has 5 heteroatoms. The van der Waals surface area contributed by atoms with Gasteiger partial charge in [-0.2, -0.15) is 4.98 Å². The highest BCUT2D eigenvalue weighted by Gasteiger charge is 2.20. The van der Waals surface area contributed by atoms with Crippen LogP contribution < -0.4 is 10.1 Å². The van der Waals surface area contributed by atoms with Crippen molar-refractivity contribution in [2.45, 2.75) is 58.5 Å². The zero-order chi connectivity index (χ0) is 15.3. The maximum atomic E-state index is 5.85. The number of hydrogen-bond acceptors (Lipinski definition) is 5. The highest BCUT2D eigenvalue weighted by atomic mass is 16.5. The lowest BCUT2D eigenvalue weighted by molar-refractivity contribution is -0.0120. The first-order chi connectivity index (χ1) is 9.99. The fraction of sp³-hybridized carbons (Fsp3) is 0.750. The molecule has 1 atom stereocenters. The van der Waals surface area contributed by atoms with Crippen LogP contribution in [0, 0.1) is 0 Å². The summed E-state index contributed by atoms with van der Waals surface area (Å²) in [6.07, 6.45) is 3.63. The molecule has 0 spiro atoms. The Hall–Kier alpha value is -1.36. The van der Waals surface area contributed by atoms with Gasteiger partial charge in [-0.25, -0.2) is 4.98 Å². The molecule has 0 amide bonds. The summed E-state index contributed by atoms with van der Waals surface area (Å²) in [5.74, 6) is 2.23. The van der Waals surface area contributed by atoms with Gasteiger partial charge in [0, 0.05) is 24.6 Å². The number of aromatic nitrogens is 2. The van der Waals surface area contributed by atoms with Crippen LogP contribution in [0.1, 0.15) is 52.8 Å². The molecule has 2 rings (SSSR count). The number of nitrogens with zero attached hydrogens (tertiary/aromatic N) is 2. The Morgan fingerprint density at radius 2 is 2.14 bits per heavy atom. The van der Waals surface area contributed by atoms with Crippen LogP contribution in [-0.4, -0.2) is 35.8 Å². The van der Waals surface area contributed by atoms with Crippen LogP contribution in [0.5, 0.6) is 5.88 Å². The molecule has 2 heterocycles. The molecule has 0 radical (unpaired) electrons. The summed E-state index contributed by atoms with van der Waals surface area (Å²) in [6.45, 7) is 10.6. The van der Waals surface area contributed by atoms with Crippen molar-refractivity contribution >= 4 is 5.82 Å². The van der Waals surface area contributed by atoms with E-state index in [1.807, 2.05) is 6.07 Å². The zero-order valence-corrected chi connectivity index (χ0v) is 13.6. The number of rotatable bonds is 5. The Morgan fingerprint density at radius 1 is 1.33 bits per heavy atom. The topological polar surface area (TPSA) is 56.3 Å². The van der Waals surface area contributed by atoms with E-state index in [0.717, 1.165) is 37.6 Å². The minimum absolute atomic E-state index is 0.106. The molecule has 1 N–H and O–H groups in total. The van der Waals surface area contributed by atoms with Crippen molar-refractivity contribution in [3.63, 3.8) is 0 Å². The van der Waals surface area contributed by atoms with Gasteiger partial charge < -0.3 is 14.8 Å². The molecule has 0 aliphatic carbocycles. The average molecular weight is 293 g/mol. The fourth-order valence-corrected chi connectivity index (χ4v) is 2.22. The molecule has 1 aromatic rings. The van der Waals surface area contributed by atoms with Gasteiger partial charge in [-0.3, -0.25) is 0 Å². The fourth-order valence-electron chi connectivity index (χ4n) is 2.22. The molecule has 118 valence electrons. The summed E-state index contributed by atoms with van der Waals surface area (Å²) < 4.78 is 11.5. The van der Waals surface area contributed by atoms with Crippen molar-refractivity contribution in [1.29, 1.82) is 0 Å². The van der Waals surface area contributed by atoms with Gasteiger partial charge in [0.15, 0.2) is 0 Å². The van der Waals surface area contributed by atoms with Gasteiger partial charge in [-0.1, -0.05) is 20.8 Å². The van der Waals surface area contributed by atoms with Gasteiger partial charge in [0.25, 0.3) is 0 Å². The molecule has 0 aromatic carbocycles. The average Bonchev–Trinajstić information content (AvgIpc) is 2.45. The molecule has 21 heavy (non-hydrogen) atoms. The van der Waals surface area contributed by atoms with Crippen LogP contribution in [-0.2, 0) is 10.2 Å². The van der Waals surface area contributed by atoms with Gasteiger partial charge >= 0.3 is 0 Å². The van der Waals surface area contributed by atoms with Gasteiger partial charge in [-0.15, -0.1) is 0 Å². The van der Waals surface area contributed by atoms with E-state index in [0.29, 0.717) is 12.5 Å². The lowest BCUT2D eigenvalue weighted by atomic mass is 9.96. The highest BCUT2D eigenvalue weighted by Crippen LogP contribution is 2.24. The van der Waals surface area contributed by atoms with E-state index in [9.17, 15) is 0 Å². The maximum Gasteiger partial charge on any atom is 0.218 e. The first-order valence-electron chi connectivity index (χ1n) is 7.87. The zero-order valence-electron chi connectivity index (χ0n) is 13.6. The molecule has 0 bridgehead atoms. The van der Waals surface area contributed by atoms with Crippen LogP contribution in [0.15, 0.2) is 6.07 Å². The van der Waals surface area contributed by atoms with E-state index in [4.69, 9.17) is 9.47 Å². The maximum absolute atomic E-state index is 5.85. The lowest BCUT2D eigenvalue weighted by Crippen LogP contribution is -2.26.